The van der Waals surface area contributed by atoms with Crippen LogP contribution in [0.1, 0.15) is 48.4 Å². The van der Waals surface area contributed by atoms with Crippen molar-refractivity contribution in [2.45, 2.75) is 43.7 Å². The van der Waals surface area contributed by atoms with Crippen molar-refractivity contribution in [2.24, 2.45) is 0 Å². The fourth-order valence-corrected chi connectivity index (χ4v) is 4.54. The summed E-state index contributed by atoms with van der Waals surface area (Å²) in [6, 6.07) is 27.4. The van der Waals surface area contributed by atoms with E-state index in [1.54, 1.807) is 0 Å². The first kappa shape index (κ1) is 22.1. The summed E-state index contributed by atoms with van der Waals surface area (Å²) in [5, 5.41) is 7.04. The van der Waals surface area contributed by atoms with Gasteiger partial charge in [0.1, 0.15) is 0 Å². The first-order chi connectivity index (χ1) is 15.5. The molecule has 0 bridgehead atoms. The Morgan fingerprint density at radius 1 is 0.938 bits per heavy atom. The van der Waals surface area contributed by atoms with E-state index in [-0.39, 0.29) is 17.9 Å². The van der Waals surface area contributed by atoms with E-state index < -0.39 is 5.54 Å². The molecular weight excluding hydrogens is 420 g/mol. The molecule has 1 saturated heterocycles. The molecule has 4 rings (SSSR count). The molecule has 0 saturated carbocycles. The number of hydrogen-bond acceptors (Lipinski definition) is 2. The van der Waals surface area contributed by atoms with Gasteiger partial charge >= 0.3 is 0 Å². The number of nitrogens with one attached hydrogen (secondary N) is 2. The number of amides is 2. The maximum atomic E-state index is 13.0. The zero-order valence-electron chi connectivity index (χ0n) is 17.9. The number of hydrogen-bond donors (Lipinski definition) is 2. The van der Waals surface area contributed by atoms with Crippen LogP contribution in [0.3, 0.4) is 0 Å². The van der Waals surface area contributed by atoms with Crippen molar-refractivity contribution >= 4 is 23.4 Å². The Bertz CT molecular complexity index is 1010. The van der Waals surface area contributed by atoms with E-state index in [0.717, 1.165) is 23.1 Å². The third-order valence-corrected chi connectivity index (χ3v) is 6.34. The Morgan fingerprint density at radius 3 is 2.06 bits per heavy atom. The first-order valence-electron chi connectivity index (χ1n) is 11.0. The molecule has 1 aliphatic rings. The van der Waals surface area contributed by atoms with Crippen LogP contribution in [0.2, 0.25) is 5.02 Å². The van der Waals surface area contributed by atoms with Crippen molar-refractivity contribution in [1.29, 1.82) is 0 Å². The van der Waals surface area contributed by atoms with Crippen LogP contribution in [-0.4, -0.2) is 17.4 Å². The summed E-state index contributed by atoms with van der Waals surface area (Å²) in [6.07, 6.45) is 2.83. The predicted octanol–water partition coefficient (Wildman–Crippen LogP) is 5.22. The van der Waals surface area contributed by atoms with Crippen LogP contribution in [-0.2, 0) is 16.0 Å². The number of benzene rings is 3. The zero-order valence-corrected chi connectivity index (χ0v) is 18.6. The standard InChI is InChI=1S/C27H27ClN2O2/c28-23-13-11-20(12-14-23)19-27(18-16-25(32)30-27)17-15-24(31)29-26(21-7-3-1-4-8-21)22-9-5-2-6-10-22/h1-14,26H,15-19H2,(H,29,31)(H,30,32)/t27-/m1/s1. The quantitative estimate of drug-likeness (QED) is 0.498. The molecule has 3 aromatic carbocycles. The van der Waals surface area contributed by atoms with Crippen LogP contribution >= 0.6 is 11.6 Å². The maximum Gasteiger partial charge on any atom is 0.220 e. The highest BCUT2D eigenvalue weighted by Gasteiger charge is 2.38. The van der Waals surface area contributed by atoms with Gasteiger partial charge in [0.05, 0.1) is 6.04 Å². The van der Waals surface area contributed by atoms with E-state index >= 15 is 0 Å². The van der Waals surface area contributed by atoms with Crippen molar-refractivity contribution in [3.8, 4) is 0 Å². The summed E-state index contributed by atoms with van der Waals surface area (Å²) in [6.45, 7) is 0. The van der Waals surface area contributed by atoms with Gasteiger partial charge in [0.25, 0.3) is 0 Å². The molecule has 32 heavy (non-hydrogen) atoms. The Hall–Kier alpha value is -3.11. The van der Waals surface area contributed by atoms with Crippen LogP contribution in [0, 0.1) is 0 Å². The van der Waals surface area contributed by atoms with Gasteiger partial charge in [-0.25, -0.2) is 0 Å². The van der Waals surface area contributed by atoms with E-state index in [0.29, 0.717) is 30.7 Å². The Balaban J connectivity index is 1.46. The molecule has 2 N–H and O–H groups in total. The highest BCUT2D eigenvalue weighted by Crippen LogP contribution is 2.30. The van der Waals surface area contributed by atoms with Gasteiger partial charge in [-0.3, -0.25) is 9.59 Å². The monoisotopic (exact) mass is 446 g/mol. The van der Waals surface area contributed by atoms with Gasteiger partial charge in [-0.2, -0.15) is 0 Å². The van der Waals surface area contributed by atoms with Gasteiger partial charge in [-0.15, -0.1) is 0 Å². The summed E-state index contributed by atoms with van der Waals surface area (Å²) in [7, 11) is 0. The summed E-state index contributed by atoms with van der Waals surface area (Å²) < 4.78 is 0. The van der Waals surface area contributed by atoms with E-state index in [9.17, 15) is 9.59 Å². The predicted molar refractivity (Wildman–Crippen MR) is 127 cm³/mol. The third kappa shape index (κ3) is 5.57. The normalized spacial score (nSPS) is 17.9. The van der Waals surface area contributed by atoms with Gasteiger partial charge in [-0.05, 0) is 48.1 Å². The molecule has 0 aliphatic carbocycles. The molecule has 3 aromatic rings. The third-order valence-electron chi connectivity index (χ3n) is 6.09. The van der Waals surface area contributed by atoms with E-state index in [1.807, 2.05) is 84.9 Å². The van der Waals surface area contributed by atoms with Gasteiger partial charge in [-0.1, -0.05) is 84.4 Å². The minimum absolute atomic E-state index is 0.0284. The molecule has 5 heteroatoms. The van der Waals surface area contributed by atoms with E-state index in [1.165, 1.54) is 0 Å². The molecule has 1 aliphatic heterocycles. The minimum atomic E-state index is -0.406. The minimum Gasteiger partial charge on any atom is -0.350 e. The topological polar surface area (TPSA) is 58.2 Å². The molecule has 1 atom stereocenters. The van der Waals surface area contributed by atoms with E-state index in [2.05, 4.69) is 10.6 Å². The Labute approximate surface area is 194 Å². The average molecular weight is 447 g/mol. The highest BCUT2D eigenvalue weighted by atomic mass is 35.5. The lowest BCUT2D eigenvalue weighted by atomic mass is 9.85. The molecule has 2 amide bonds. The summed E-state index contributed by atoms with van der Waals surface area (Å²) in [5.74, 6) is 0.0187. The second-order valence-electron chi connectivity index (χ2n) is 8.45. The Morgan fingerprint density at radius 2 is 1.53 bits per heavy atom. The molecular formula is C27H27ClN2O2. The molecule has 4 nitrogen and oxygen atoms in total. The molecule has 164 valence electrons. The lowest BCUT2D eigenvalue weighted by molar-refractivity contribution is -0.123. The molecule has 0 unspecified atom stereocenters. The van der Waals surface area contributed by atoms with Crippen molar-refractivity contribution in [2.75, 3.05) is 0 Å². The molecule has 0 spiro atoms. The van der Waals surface area contributed by atoms with Gasteiger partial charge < -0.3 is 10.6 Å². The lowest BCUT2D eigenvalue weighted by Gasteiger charge is -2.30. The highest BCUT2D eigenvalue weighted by molar-refractivity contribution is 6.30. The first-order valence-corrected chi connectivity index (χ1v) is 11.4. The van der Waals surface area contributed by atoms with Crippen LogP contribution in [0.5, 0.6) is 0 Å². The molecule has 1 fully saturated rings. The zero-order chi connectivity index (χ0) is 22.4. The van der Waals surface area contributed by atoms with E-state index in [4.69, 9.17) is 11.6 Å². The van der Waals surface area contributed by atoms with Crippen LogP contribution in [0.4, 0.5) is 0 Å². The summed E-state index contributed by atoms with van der Waals surface area (Å²) in [4.78, 5) is 25.1. The number of rotatable bonds is 8. The SMILES string of the molecule is O=C(CC[C@]1(Cc2ccc(Cl)cc2)CCC(=O)N1)NC(c1ccccc1)c1ccccc1. The maximum absolute atomic E-state index is 13.0. The van der Waals surface area contributed by atoms with Crippen LogP contribution in [0.25, 0.3) is 0 Å². The lowest BCUT2D eigenvalue weighted by Crippen LogP contribution is -2.44. The smallest absolute Gasteiger partial charge is 0.220 e. The largest absolute Gasteiger partial charge is 0.350 e. The summed E-state index contributed by atoms with van der Waals surface area (Å²) >= 11 is 6.02. The van der Waals surface area contributed by atoms with Gasteiger partial charge in [0.2, 0.25) is 11.8 Å². The van der Waals surface area contributed by atoms with Crippen molar-refractivity contribution in [3.63, 3.8) is 0 Å². The summed E-state index contributed by atoms with van der Waals surface area (Å²) in [5.41, 5.74) is 2.77. The molecule has 0 radical (unpaired) electrons. The fourth-order valence-electron chi connectivity index (χ4n) is 4.41. The average Bonchev–Trinajstić information content (AvgIpc) is 3.19. The second kappa shape index (κ2) is 10.0. The number of halogens is 1. The van der Waals surface area contributed by atoms with Crippen molar-refractivity contribution in [1.82, 2.24) is 10.6 Å². The Kier molecular flexibility index (Phi) is 6.91. The second-order valence-corrected chi connectivity index (χ2v) is 8.89. The fraction of sp³-hybridized carbons (Fsp3) is 0.259. The van der Waals surface area contributed by atoms with Gasteiger partial charge in [0.15, 0.2) is 0 Å². The molecule has 0 aromatic heterocycles. The van der Waals surface area contributed by atoms with Crippen LogP contribution < -0.4 is 10.6 Å². The van der Waals surface area contributed by atoms with Gasteiger partial charge in [0, 0.05) is 23.4 Å². The van der Waals surface area contributed by atoms with Crippen molar-refractivity contribution < 1.29 is 9.59 Å². The van der Waals surface area contributed by atoms with Crippen LogP contribution in [0.15, 0.2) is 84.9 Å². The number of carbonyl (C=O) groups excluding carboxylic acids is 2. The molecule has 1 heterocycles. The van der Waals surface area contributed by atoms with Crippen molar-refractivity contribution in [3.05, 3.63) is 107 Å². The number of carbonyl (C=O) groups is 2.